The Balaban J connectivity index is 2.12. The predicted molar refractivity (Wildman–Crippen MR) is 75.5 cm³/mol. The van der Waals surface area contributed by atoms with Gasteiger partial charge in [-0.05, 0) is 25.1 Å². The molecule has 1 aromatic carbocycles. The van der Waals surface area contributed by atoms with Gasteiger partial charge in [0.25, 0.3) is 0 Å². The molecular formula is C11H12Cl2N2OS. The normalized spacial score (nSPS) is 23.6. The number of hydrogen-bond donors (Lipinski definition) is 2. The Kier molecular flexibility index (Phi) is 3.88. The van der Waals surface area contributed by atoms with Crippen molar-refractivity contribution in [1.82, 2.24) is 0 Å². The van der Waals surface area contributed by atoms with Gasteiger partial charge in [-0.15, -0.1) is 0 Å². The summed E-state index contributed by atoms with van der Waals surface area (Å²) in [4.78, 5) is 4.43. The van der Waals surface area contributed by atoms with E-state index < -0.39 is 0 Å². The molecule has 92 valence electrons. The van der Waals surface area contributed by atoms with E-state index in [-0.39, 0.29) is 12.1 Å². The molecule has 0 aliphatic carbocycles. The monoisotopic (exact) mass is 290 g/mol. The van der Waals surface area contributed by atoms with Crippen LogP contribution in [0.5, 0.6) is 0 Å². The van der Waals surface area contributed by atoms with Crippen LogP contribution in [0.2, 0.25) is 10.0 Å². The van der Waals surface area contributed by atoms with E-state index in [4.69, 9.17) is 23.2 Å². The van der Waals surface area contributed by atoms with E-state index in [2.05, 4.69) is 10.3 Å². The number of rotatable bonds is 2. The second-order valence-electron chi connectivity index (χ2n) is 4.11. The summed E-state index contributed by atoms with van der Waals surface area (Å²) < 4.78 is 0. The standard InChI is InChI=1S/C11H12Cl2N2OS/c1-11(5-16)6-17-10(15-11)14-7-2-3-8(12)9(13)4-7/h2-4,16H,5-6H2,1H3,(H,14,15)/t11-/m1/s1. The maximum absolute atomic E-state index is 9.20. The number of halogens is 2. The average Bonchev–Trinajstić information content (AvgIpc) is 2.67. The lowest BCUT2D eigenvalue weighted by Crippen LogP contribution is -2.26. The van der Waals surface area contributed by atoms with Crippen molar-refractivity contribution < 1.29 is 5.11 Å². The van der Waals surface area contributed by atoms with Gasteiger partial charge < -0.3 is 10.4 Å². The molecule has 3 nitrogen and oxygen atoms in total. The number of anilines is 1. The second-order valence-corrected chi connectivity index (χ2v) is 5.89. The van der Waals surface area contributed by atoms with Crippen LogP contribution in [0, 0.1) is 0 Å². The number of thioether (sulfide) groups is 1. The van der Waals surface area contributed by atoms with Gasteiger partial charge in [0.1, 0.15) is 0 Å². The number of hydrogen-bond acceptors (Lipinski definition) is 4. The van der Waals surface area contributed by atoms with Crippen molar-refractivity contribution in [2.45, 2.75) is 12.5 Å². The Bertz CT molecular complexity index is 467. The van der Waals surface area contributed by atoms with Crippen molar-refractivity contribution in [3.05, 3.63) is 28.2 Å². The Morgan fingerprint density at radius 1 is 1.47 bits per heavy atom. The number of amidine groups is 1. The minimum Gasteiger partial charge on any atom is -0.394 e. The molecule has 2 rings (SSSR count). The molecule has 1 aliphatic rings. The van der Waals surface area contributed by atoms with Crippen LogP contribution in [0.1, 0.15) is 6.92 Å². The fourth-order valence-corrected chi connectivity index (χ4v) is 2.75. The Morgan fingerprint density at radius 3 is 2.82 bits per heavy atom. The number of nitrogens with zero attached hydrogens (tertiary/aromatic N) is 1. The van der Waals surface area contributed by atoms with E-state index in [1.165, 1.54) is 0 Å². The lowest BCUT2D eigenvalue weighted by atomic mass is 10.1. The molecule has 0 aromatic heterocycles. The molecule has 0 bridgehead atoms. The summed E-state index contributed by atoms with van der Waals surface area (Å²) in [6.45, 7) is 1.97. The van der Waals surface area contributed by atoms with Gasteiger partial charge in [-0.25, -0.2) is 0 Å². The summed E-state index contributed by atoms with van der Waals surface area (Å²) in [6, 6.07) is 5.32. The zero-order chi connectivity index (χ0) is 12.5. The summed E-state index contributed by atoms with van der Waals surface area (Å²) in [5, 5.41) is 14.2. The lowest BCUT2D eigenvalue weighted by molar-refractivity contribution is 0.227. The molecule has 1 aliphatic heterocycles. The topological polar surface area (TPSA) is 44.6 Å². The average molecular weight is 291 g/mol. The van der Waals surface area contributed by atoms with Gasteiger partial charge in [0, 0.05) is 11.4 Å². The van der Waals surface area contributed by atoms with Gasteiger partial charge in [-0.2, -0.15) is 0 Å². The minimum atomic E-state index is -0.386. The van der Waals surface area contributed by atoms with Gasteiger partial charge in [0.05, 0.1) is 22.2 Å². The highest BCUT2D eigenvalue weighted by Crippen LogP contribution is 2.30. The van der Waals surface area contributed by atoms with Gasteiger partial charge in [-0.3, -0.25) is 4.99 Å². The molecule has 1 aromatic rings. The zero-order valence-electron chi connectivity index (χ0n) is 9.20. The van der Waals surface area contributed by atoms with Crippen molar-refractivity contribution in [1.29, 1.82) is 0 Å². The molecule has 0 fully saturated rings. The van der Waals surface area contributed by atoms with Crippen molar-refractivity contribution >= 4 is 45.8 Å². The third-order valence-electron chi connectivity index (χ3n) is 2.40. The fourth-order valence-electron chi connectivity index (χ4n) is 1.38. The smallest absolute Gasteiger partial charge is 0.161 e. The van der Waals surface area contributed by atoms with E-state index in [9.17, 15) is 5.11 Å². The van der Waals surface area contributed by atoms with Gasteiger partial charge in [0.15, 0.2) is 5.17 Å². The van der Waals surface area contributed by atoms with Crippen molar-refractivity contribution in [3.63, 3.8) is 0 Å². The van der Waals surface area contributed by atoms with Crippen LogP contribution in [-0.4, -0.2) is 28.2 Å². The SMILES string of the molecule is C[C@@]1(CO)CSC(Nc2ccc(Cl)c(Cl)c2)=N1. The molecule has 0 saturated carbocycles. The highest BCUT2D eigenvalue weighted by molar-refractivity contribution is 8.14. The first-order valence-electron chi connectivity index (χ1n) is 5.08. The summed E-state index contributed by atoms with van der Waals surface area (Å²) in [6.07, 6.45) is 0. The van der Waals surface area contributed by atoms with Gasteiger partial charge in [0.2, 0.25) is 0 Å². The van der Waals surface area contributed by atoms with E-state index in [0.717, 1.165) is 16.6 Å². The molecule has 0 radical (unpaired) electrons. The fraction of sp³-hybridized carbons (Fsp3) is 0.364. The highest BCUT2D eigenvalue weighted by atomic mass is 35.5. The number of aliphatic hydroxyl groups is 1. The maximum Gasteiger partial charge on any atom is 0.161 e. The number of nitrogens with one attached hydrogen (secondary N) is 1. The van der Waals surface area contributed by atoms with Crippen LogP contribution >= 0.6 is 35.0 Å². The summed E-state index contributed by atoms with van der Waals surface area (Å²) in [5.74, 6) is 0.771. The molecule has 1 heterocycles. The number of benzene rings is 1. The first-order valence-corrected chi connectivity index (χ1v) is 6.82. The first-order chi connectivity index (χ1) is 8.02. The third-order valence-corrected chi connectivity index (χ3v) is 4.37. The molecule has 0 saturated heterocycles. The molecular weight excluding hydrogens is 279 g/mol. The molecule has 0 unspecified atom stereocenters. The molecule has 6 heteroatoms. The van der Waals surface area contributed by atoms with Crippen LogP contribution in [0.25, 0.3) is 0 Å². The van der Waals surface area contributed by atoms with Crippen LogP contribution < -0.4 is 5.32 Å². The van der Waals surface area contributed by atoms with E-state index in [0.29, 0.717) is 10.0 Å². The van der Waals surface area contributed by atoms with Crippen LogP contribution in [0.15, 0.2) is 23.2 Å². The molecule has 17 heavy (non-hydrogen) atoms. The minimum absolute atomic E-state index is 0.0482. The van der Waals surface area contributed by atoms with Gasteiger partial charge >= 0.3 is 0 Å². The summed E-state index contributed by atoms with van der Waals surface area (Å²) in [5.41, 5.74) is 0.455. The Hall–Kier alpha value is -0.420. The quantitative estimate of drug-likeness (QED) is 0.879. The van der Waals surface area contributed by atoms with Crippen molar-refractivity contribution in [2.24, 2.45) is 4.99 Å². The van der Waals surface area contributed by atoms with E-state index in [1.54, 1.807) is 23.9 Å². The van der Waals surface area contributed by atoms with Crippen LogP contribution in [0.4, 0.5) is 5.69 Å². The third kappa shape index (κ3) is 3.07. The van der Waals surface area contributed by atoms with Gasteiger partial charge in [-0.1, -0.05) is 35.0 Å². The van der Waals surface area contributed by atoms with Crippen LogP contribution in [-0.2, 0) is 0 Å². The first kappa shape index (κ1) is 13.0. The largest absolute Gasteiger partial charge is 0.394 e. The van der Waals surface area contributed by atoms with Crippen LogP contribution in [0.3, 0.4) is 0 Å². The molecule has 0 spiro atoms. The Labute approximate surface area is 114 Å². The Morgan fingerprint density at radius 2 is 2.24 bits per heavy atom. The van der Waals surface area contributed by atoms with E-state index in [1.807, 2.05) is 13.0 Å². The second kappa shape index (κ2) is 5.06. The zero-order valence-corrected chi connectivity index (χ0v) is 11.5. The molecule has 0 amide bonds. The number of aliphatic hydroxyl groups excluding tert-OH is 1. The highest BCUT2D eigenvalue weighted by Gasteiger charge is 2.29. The number of aliphatic imine (C=N–C) groups is 1. The predicted octanol–water partition coefficient (Wildman–Crippen LogP) is 3.26. The molecule has 1 atom stereocenters. The lowest BCUT2D eigenvalue weighted by Gasteiger charge is -2.14. The summed E-state index contributed by atoms with van der Waals surface area (Å²) in [7, 11) is 0. The maximum atomic E-state index is 9.20. The van der Waals surface area contributed by atoms with Crippen molar-refractivity contribution in [2.75, 3.05) is 17.7 Å². The van der Waals surface area contributed by atoms with E-state index >= 15 is 0 Å². The molecule has 2 N–H and O–H groups in total. The summed E-state index contributed by atoms with van der Waals surface area (Å²) >= 11 is 13.3. The van der Waals surface area contributed by atoms with Crippen molar-refractivity contribution in [3.8, 4) is 0 Å².